The fourth-order valence-electron chi connectivity index (χ4n) is 2.20. The lowest BCUT2D eigenvalue weighted by Gasteiger charge is -2.21. The molecule has 0 aromatic heterocycles. The molecule has 0 bridgehead atoms. The van der Waals surface area contributed by atoms with Crippen LogP contribution in [0.4, 0.5) is 18.9 Å². The van der Waals surface area contributed by atoms with E-state index >= 15 is 0 Å². The van der Waals surface area contributed by atoms with Gasteiger partial charge in [-0.2, -0.15) is 13.2 Å². The molecule has 0 saturated heterocycles. The molecule has 19 heavy (non-hydrogen) atoms. The van der Waals surface area contributed by atoms with E-state index in [-0.39, 0.29) is 11.5 Å². The number of benzene rings is 1. The van der Waals surface area contributed by atoms with E-state index in [4.69, 9.17) is 0 Å². The third kappa shape index (κ3) is 3.05. The van der Waals surface area contributed by atoms with E-state index in [9.17, 15) is 23.3 Å². The monoisotopic (exact) mass is 275 g/mol. The van der Waals surface area contributed by atoms with Crippen LogP contribution in [0.15, 0.2) is 12.1 Å². The van der Waals surface area contributed by atoms with Crippen molar-refractivity contribution in [2.75, 3.05) is 0 Å². The van der Waals surface area contributed by atoms with Crippen LogP contribution in [0.3, 0.4) is 0 Å². The number of hydrogen-bond acceptors (Lipinski definition) is 2. The van der Waals surface area contributed by atoms with Gasteiger partial charge in [-0.25, -0.2) is 0 Å². The fraction of sp³-hybridized carbons (Fsp3) is 0.538. The average Bonchev–Trinajstić information content (AvgIpc) is 2.25. The van der Waals surface area contributed by atoms with Crippen molar-refractivity contribution in [3.63, 3.8) is 0 Å². The Hall–Kier alpha value is -1.59. The van der Waals surface area contributed by atoms with Crippen molar-refractivity contribution < 1.29 is 18.1 Å². The molecule has 106 valence electrons. The molecule has 6 heteroatoms. The van der Waals surface area contributed by atoms with Crippen molar-refractivity contribution in [1.82, 2.24) is 0 Å². The molecule has 0 N–H and O–H groups in total. The van der Waals surface area contributed by atoms with Crippen molar-refractivity contribution in [2.45, 2.75) is 45.7 Å². The molecule has 3 nitrogen and oxygen atoms in total. The standard InChI is InChI=1S/C13H16F3NO2/c1-7(2)9-5-6-10(17(18)19)12(13(14,15)16)11(9)8(3)4/h5-8H,1-4H3. The Morgan fingerprint density at radius 1 is 1.11 bits per heavy atom. The van der Waals surface area contributed by atoms with Gasteiger partial charge < -0.3 is 0 Å². The topological polar surface area (TPSA) is 43.1 Å². The van der Waals surface area contributed by atoms with Gasteiger partial charge >= 0.3 is 6.18 Å². The first-order valence-electron chi connectivity index (χ1n) is 5.95. The molecule has 0 amide bonds. The van der Waals surface area contributed by atoms with Crippen LogP contribution in [0, 0.1) is 10.1 Å². The van der Waals surface area contributed by atoms with Crippen molar-refractivity contribution in [1.29, 1.82) is 0 Å². The summed E-state index contributed by atoms with van der Waals surface area (Å²) in [5, 5.41) is 10.8. The maximum absolute atomic E-state index is 13.2. The number of rotatable bonds is 3. The first-order chi connectivity index (χ1) is 8.57. The van der Waals surface area contributed by atoms with Crippen molar-refractivity contribution in [3.05, 3.63) is 38.9 Å². The molecule has 0 heterocycles. The van der Waals surface area contributed by atoms with Gasteiger partial charge in [0.05, 0.1) is 4.92 Å². The number of nitrogens with zero attached hydrogens (tertiary/aromatic N) is 1. The maximum Gasteiger partial charge on any atom is 0.423 e. The van der Waals surface area contributed by atoms with Crippen LogP contribution in [-0.2, 0) is 6.18 Å². The maximum atomic E-state index is 13.2. The van der Waals surface area contributed by atoms with Crippen LogP contribution in [0.5, 0.6) is 0 Å². The van der Waals surface area contributed by atoms with E-state index in [1.165, 1.54) is 6.07 Å². The molecule has 0 radical (unpaired) electrons. The van der Waals surface area contributed by atoms with Gasteiger partial charge in [-0.15, -0.1) is 0 Å². The Kier molecular flexibility index (Phi) is 4.22. The van der Waals surface area contributed by atoms with E-state index < -0.39 is 28.3 Å². The highest BCUT2D eigenvalue weighted by molar-refractivity contribution is 5.53. The highest BCUT2D eigenvalue weighted by Crippen LogP contribution is 2.44. The van der Waals surface area contributed by atoms with Crippen LogP contribution >= 0.6 is 0 Å². The minimum atomic E-state index is -4.73. The quantitative estimate of drug-likeness (QED) is 0.584. The zero-order valence-electron chi connectivity index (χ0n) is 11.2. The molecular weight excluding hydrogens is 259 g/mol. The minimum Gasteiger partial charge on any atom is -0.258 e. The number of hydrogen-bond donors (Lipinski definition) is 0. The van der Waals surface area contributed by atoms with Gasteiger partial charge in [-0.05, 0) is 23.0 Å². The first kappa shape index (κ1) is 15.5. The summed E-state index contributed by atoms with van der Waals surface area (Å²) in [6.45, 7) is 6.76. The second kappa shape index (κ2) is 5.19. The van der Waals surface area contributed by atoms with Gasteiger partial charge in [0.2, 0.25) is 0 Å². The summed E-state index contributed by atoms with van der Waals surface area (Å²) < 4.78 is 39.5. The lowest BCUT2D eigenvalue weighted by molar-refractivity contribution is -0.388. The van der Waals surface area contributed by atoms with Crippen molar-refractivity contribution in [3.8, 4) is 0 Å². The van der Waals surface area contributed by atoms with Crippen LogP contribution in [-0.4, -0.2) is 4.92 Å². The summed E-state index contributed by atoms with van der Waals surface area (Å²) >= 11 is 0. The molecular formula is C13H16F3NO2. The Morgan fingerprint density at radius 3 is 1.95 bits per heavy atom. The molecule has 0 unspecified atom stereocenters. The second-order valence-corrected chi connectivity index (χ2v) is 5.03. The van der Waals surface area contributed by atoms with E-state index in [0.29, 0.717) is 5.56 Å². The third-order valence-electron chi connectivity index (χ3n) is 2.94. The fourth-order valence-corrected chi connectivity index (χ4v) is 2.20. The highest BCUT2D eigenvalue weighted by atomic mass is 19.4. The molecule has 0 aliphatic carbocycles. The Balaban J connectivity index is 3.77. The minimum absolute atomic E-state index is 0.0247. The SMILES string of the molecule is CC(C)c1ccc([N+](=O)[O-])c(C(F)(F)F)c1C(C)C. The van der Waals surface area contributed by atoms with Gasteiger partial charge in [0.25, 0.3) is 5.69 Å². The first-order valence-corrected chi connectivity index (χ1v) is 5.95. The predicted octanol–water partition coefficient (Wildman–Crippen LogP) is 4.86. The molecule has 0 atom stereocenters. The number of alkyl halides is 3. The van der Waals surface area contributed by atoms with Gasteiger partial charge in [0.1, 0.15) is 5.56 Å². The Morgan fingerprint density at radius 2 is 1.63 bits per heavy atom. The van der Waals surface area contributed by atoms with Crippen molar-refractivity contribution >= 4 is 5.69 Å². The number of halogens is 3. The summed E-state index contributed by atoms with van der Waals surface area (Å²) in [4.78, 5) is 9.86. The molecule has 0 saturated carbocycles. The van der Waals surface area contributed by atoms with Gasteiger partial charge in [-0.3, -0.25) is 10.1 Å². The summed E-state index contributed by atoms with van der Waals surface area (Å²) in [5.74, 6) is -0.562. The molecule has 1 aromatic carbocycles. The average molecular weight is 275 g/mol. The van der Waals surface area contributed by atoms with E-state index in [2.05, 4.69) is 0 Å². The van der Waals surface area contributed by atoms with Crippen LogP contribution in [0.1, 0.15) is 56.2 Å². The Bertz CT molecular complexity index is 493. The third-order valence-corrected chi connectivity index (χ3v) is 2.94. The molecule has 0 spiro atoms. The Labute approximate surface area is 109 Å². The molecule has 0 aliphatic heterocycles. The lowest BCUT2D eigenvalue weighted by atomic mass is 9.86. The second-order valence-electron chi connectivity index (χ2n) is 5.03. The summed E-state index contributed by atoms with van der Waals surface area (Å²) in [7, 11) is 0. The van der Waals surface area contributed by atoms with Crippen LogP contribution in [0.2, 0.25) is 0 Å². The van der Waals surface area contributed by atoms with Crippen molar-refractivity contribution in [2.24, 2.45) is 0 Å². The van der Waals surface area contributed by atoms with Crippen LogP contribution < -0.4 is 0 Å². The zero-order chi connectivity index (χ0) is 15.0. The van der Waals surface area contributed by atoms with Gasteiger partial charge in [0, 0.05) is 6.07 Å². The lowest BCUT2D eigenvalue weighted by Crippen LogP contribution is -2.16. The van der Waals surface area contributed by atoms with Gasteiger partial charge in [-0.1, -0.05) is 33.8 Å². The molecule has 0 fully saturated rings. The zero-order valence-corrected chi connectivity index (χ0v) is 11.2. The smallest absolute Gasteiger partial charge is 0.258 e. The molecule has 0 aliphatic rings. The van der Waals surface area contributed by atoms with Crippen LogP contribution in [0.25, 0.3) is 0 Å². The summed E-state index contributed by atoms with van der Waals surface area (Å²) in [5.41, 5.74) is -1.45. The predicted molar refractivity (Wildman–Crippen MR) is 66.3 cm³/mol. The molecule has 1 rings (SSSR count). The summed E-state index contributed by atoms with van der Waals surface area (Å²) in [6, 6.07) is 2.37. The largest absolute Gasteiger partial charge is 0.423 e. The number of nitro groups is 1. The number of nitro benzene ring substituents is 1. The van der Waals surface area contributed by atoms with E-state index in [1.807, 2.05) is 0 Å². The van der Waals surface area contributed by atoms with E-state index in [1.54, 1.807) is 27.7 Å². The normalized spacial score (nSPS) is 12.3. The molecule has 1 aromatic rings. The van der Waals surface area contributed by atoms with Gasteiger partial charge in [0.15, 0.2) is 0 Å². The summed E-state index contributed by atoms with van der Waals surface area (Å²) in [6.07, 6.45) is -4.73. The highest BCUT2D eigenvalue weighted by Gasteiger charge is 2.42. The van der Waals surface area contributed by atoms with E-state index in [0.717, 1.165) is 6.07 Å².